The van der Waals surface area contributed by atoms with Crippen LogP contribution in [0.2, 0.25) is 0 Å². The van der Waals surface area contributed by atoms with E-state index < -0.39 is 0 Å². The Kier molecular flexibility index (Phi) is 4.14. The van der Waals surface area contributed by atoms with Crippen molar-refractivity contribution in [3.8, 4) is 6.01 Å². The van der Waals surface area contributed by atoms with E-state index in [-0.39, 0.29) is 0 Å². The molecule has 18 heavy (non-hydrogen) atoms. The van der Waals surface area contributed by atoms with Gasteiger partial charge in [0.05, 0.1) is 13.2 Å². The van der Waals surface area contributed by atoms with Crippen LogP contribution in [-0.2, 0) is 4.74 Å². The second kappa shape index (κ2) is 5.81. The first kappa shape index (κ1) is 12.8. The van der Waals surface area contributed by atoms with Gasteiger partial charge >= 0.3 is 6.01 Å². The molecule has 1 aliphatic rings. The van der Waals surface area contributed by atoms with E-state index in [4.69, 9.17) is 9.47 Å². The van der Waals surface area contributed by atoms with Gasteiger partial charge in [-0.2, -0.15) is 15.0 Å². The van der Waals surface area contributed by atoms with Gasteiger partial charge in [0.2, 0.25) is 11.9 Å². The summed E-state index contributed by atoms with van der Waals surface area (Å²) in [5.74, 6) is 1.02. The Labute approximate surface area is 106 Å². The van der Waals surface area contributed by atoms with E-state index in [1.54, 1.807) is 7.05 Å². The van der Waals surface area contributed by atoms with Crippen molar-refractivity contribution in [1.29, 1.82) is 0 Å². The van der Waals surface area contributed by atoms with Gasteiger partial charge in [0, 0.05) is 19.7 Å². The molecule has 0 saturated heterocycles. The molecule has 0 radical (unpaired) electrons. The van der Waals surface area contributed by atoms with E-state index in [2.05, 4.69) is 25.6 Å². The molecule has 2 N–H and O–H groups in total. The summed E-state index contributed by atoms with van der Waals surface area (Å²) >= 11 is 0. The molecule has 1 aliphatic carbocycles. The van der Waals surface area contributed by atoms with Gasteiger partial charge in [0.1, 0.15) is 0 Å². The smallest absolute Gasteiger partial charge is 0.322 e. The fourth-order valence-electron chi connectivity index (χ4n) is 1.86. The summed E-state index contributed by atoms with van der Waals surface area (Å²) in [5.41, 5.74) is 0. The van der Waals surface area contributed by atoms with Gasteiger partial charge in [0.15, 0.2) is 0 Å². The Bertz CT molecular complexity index is 373. The molecule has 1 aromatic rings. The molecule has 1 saturated carbocycles. The highest BCUT2D eigenvalue weighted by Gasteiger charge is 2.30. The predicted molar refractivity (Wildman–Crippen MR) is 68.0 cm³/mol. The minimum absolute atomic E-state index is 0.303. The minimum Gasteiger partial charge on any atom is -0.467 e. The van der Waals surface area contributed by atoms with Crippen molar-refractivity contribution in [3.05, 3.63) is 0 Å². The molecule has 0 unspecified atom stereocenters. The van der Waals surface area contributed by atoms with Gasteiger partial charge in [-0.3, -0.25) is 0 Å². The van der Waals surface area contributed by atoms with Gasteiger partial charge in [-0.05, 0) is 19.8 Å². The zero-order valence-corrected chi connectivity index (χ0v) is 10.9. The largest absolute Gasteiger partial charge is 0.467 e. The lowest BCUT2D eigenvalue weighted by molar-refractivity contribution is 0.00284. The SMILES string of the molecule is CCOC1CC(Nc2nc(NC)nc(OC)n2)C1. The van der Waals surface area contributed by atoms with E-state index in [9.17, 15) is 0 Å². The topological polar surface area (TPSA) is 81.2 Å². The molecule has 1 heterocycles. The van der Waals surface area contributed by atoms with Crippen LogP contribution >= 0.6 is 0 Å². The third kappa shape index (κ3) is 2.98. The van der Waals surface area contributed by atoms with Crippen LogP contribution in [0.1, 0.15) is 19.8 Å². The van der Waals surface area contributed by atoms with Gasteiger partial charge in [-0.25, -0.2) is 0 Å². The molecule has 100 valence electrons. The van der Waals surface area contributed by atoms with E-state index >= 15 is 0 Å². The highest BCUT2D eigenvalue weighted by molar-refractivity contribution is 5.36. The maximum Gasteiger partial charge on any atom is 0.322 e. The zero-order valence-electron chi connectivity index (χ0n) is 10.9. The van der Waals surface area contributed by atoms with Crippen LogP contribution in [0.15, 0.2) is 0 Å². The van der Waals surface area contributed by atoms with Gasteiger partial charge in [-0.15, -0.1) is 0 Å². The van der Waals surface area contributed by atoms with E-state index in [0.29, 0.717) is 30.1 Å². The number of anilines is 2. The lowest BCUT2D eigenvalue weighted by Gasteiger charge is -2.35. The van der Waals surface area contributed by atoms with E-state index in [1.807, 2.05) is 6.92 Å². The van der Waals surface area contributed by atoms with E-state index in [0.717, 1.165) is 19.4 Å². The molecule has 0 amide bonds. The first-order chi connectivity index (χ1) is 8.75. The van der Waals surface area contributed by atoms with Crippen molar-refractivity contribution in [3.63, 3.8) is 0 Å². The van der Waals surface area contributed by atoms with Crippen molar-refractivity contribution in [2.24, 2.45) is 0 Å². The Hall–Kier alpha value is -1.63. The van der Waals surface area contributed by atoms with Crippen molar-refractivity contribution in [1.82, 2.24) is 15.0 Å². The fraction of sp³-hybridized carbons (Fsp3) is 0.727. The molecule has 7 nitrogen and oxygen atoms in total. The molecule has 2 rings (SSSR count). The van der Waals surface area contributed by atoms with Crippen molar-refractivity contribution < 1.29 is 9.47 Å². The number of hydrogen-bond acceptors (Lipinski definition) is 7. The van der Waals surface area contributed by atoms with Gasteiger partial charge in [-0.1, -0.05) is 0 Å². The Morgan fingerprint density at radius 1 is 1.22 bits per heavy atom. The number of methoxy groups -OCH3 is 1. The molecule has 0 bridgehead atoms. The summed E-state index contributed by atoms with van der Waals surface area (Å²) in [6, 6.07) is 0.663. The minimum atomic E-state index is 0.303. The van der Waals surface area contributed by atoms with Crippen molar-refractivity contribution in [2.45, 2.75) is 31.9 Å². The molecular formula is C11H19N5O2. The molecule has 1 fully saturated rings. The van der Waals surface area contributed by atoms with Crippen LogP contribution in [0.25, 0.3) is 0 Å². The van der Waals surface area contributed by atoms with Gasteiger partial charge in [0.25, 0.3) is 0 Å². The summed E-state index contributed by atoms with van der Waals surface area (Å²) in [6.07, 6.45) is 2.33. The number of hydrogen-bond donors (Lipinski definition) is 2. The number of nitrogens with zero attached hydrogens (tertiary/aromatic N) is 3. The van der Waals surface area contributed by atoms with Crippen LogP contribution < -0.4 is 15.4 Å². The summed E-state index contributed by atoms with van der Waals surface area (Å²) in [7, 11) is 3.29. The quantitative estimate of drug-likeness (QED) is 0.779. The third-order valence-electron chi connectivity index (χ3n) is 2.85. The maximum absolute atomic E-state index is 5.51. The summed E-state index contributed by atoms with van der Waals surface area (Å²) in [6.45, 7) is 2.78. The molecule has 0 spiro atoms. The standard InChI is InChI=1S/C11H19N5O2/c1-4-18-8-5-7(6-8)13-10-14-9(12-2)15-11(16-10)17-3/h7-8H,4-6H2,1-3H3,(H2,12,13,14,15,16). The van der Waals surface area contributed by atoms with Crippen LogP contribution in [-0.4, -0.2) is 47.9 Å². The molecule has 0 aromatic carbocycles. The average molecular weight is 253 g/mol. The molecular weight excluding hydrogens is 234 g/mol. The molecule has 0 atom stereocenters. The Morgan fingerprint density at radius 3 is 2.56 bits per heavy atom. The number of nitrogens with one attached hydrogen (secondary N) is 2. The van der Waals surface area contributed by atoms with Crippen LogP contribution in [0.5, 0.6) is 6.01 Å². The number of rotatable bonds is 6. The number of aromatic nitrogens is 3. The summed E-state index contributed by atoms with van der Waals surface area (Å²) < 4.78 is 10.5. The van der Waals surface area contributed by atoms with Crippen LogP contribution in [0.4, 0.5) is 11.9 Å². The van der Waals surface area contributed by atoms with Crippen LogP contribution in [0, 0.1) is 0 Å². The highest BCUT2D eigenvalue weighted by Crippen LogP contribution is 2.26. The first-order valence-corrected chi connectivity index (χ1v) is 6.11. The van der Waals surface area contributed by atoms with Gasteiger partial charge < -0.3 is 20.1 Å². The second-order valence-electron chi connectivity index (χ2n) is 4.11. The first-order valence-electron chi connectivity index (χ1n) is 6.11. The Morgan fingerprint density at radius 2 is 1.94 bits per heavy atom. The maximum atomic E-state index is 5.51. The monoisotopic (exact) mass is 253 g/mol. The average Bonchev–Trinajstić information content (AvgIpc) is 2.35. The molecule has 1 aromatic heterocycles. The second-order valence-corrected chi connectivity index (χ2v) is 4.11. The fourth-order valence-corrected chi connectivity index (χ4v) is 1.86. The third-order valence-corrected chi connectivity index (χ3v) is 2.85. The Balaban J connectivity index is 1.93. The predicted octanol–water partition coefficient (Wildman–Crippen LogP) is 0.901. The summed E-state index contributed by atoms with van der Waals surface area (Å²) in [5, 5.41) is 6.13. The molecule has 7 heteroatoms. The lowest BCUT2D eigenvalue weighted by atomic mass is 9.89. The number of ether oxygens (including phenoxy) is 2. The normalized spacial score (nSPS) is 22.2. The lowest BCUT2D eigenvalue weighted by Crippen LogP contribution is -2.41. The van der Waals surface area contributed by atoms with Crippen molar-refractivity contribution in [2.75, 3.05) is 31.4 Å². The highest BCUT2D eigenvalue weighted by atomic mass is 16.5. The van der Waals surface area contributed by atoms with E-state index in [1.165, 1.54) is 7.11 Å². The van der Waals surface area contributed by atoms with Crippen molar-refractivity contribution >= 4 is 11.9 Å². The molecule has 0 aliphatic heterocycles. The summed E-state index contributed by atoms with van der Waals surface area (Å²) in [4.78, 5) is 12.4. The zero-order chi connectivity index (χ0) is 13.0. The van der Waals surface area contributed by atoms with Crippen LogP contribution in [0.3, 0.4) is 0 Å².